The Morgan fingerprint density at radius 1 is 0.852 bits per heavy atom. The minimum atomic E-state index is -0.238. The first kappa shape index (κ1) is 17.1. The van der Waals surface area contributed by atoms with Crippen LogP contribution >= 0.6 is 11.6 Å². The summed E-state index contributed by atoms with van der Waals surface area (Å²) >= 11 is 6.24. The van der Waals surface area contributed by atoms with Crippen molar-refractivity contribution in [2.75, 3.05) is 5.43 Å². The molecule has 1 heterocycles. The number of benzene rings is 3. The van der Waals surface area contributed by atoms with E-state index in [4.69, 9.17) is 11.6 Å². The van der Waals surface area contributed by atoms with Gasteiger partial charge in [-0.1, -0.05) is 78.3 Å². The van der Waals surface area contributed by atoms with Crippen molar-refractivity contribution in [3.8, 4) is 0 Å². The Labute approximate surface area is 162 Å². The van der Waals surface area contributed by atoms with Crippen LogP contribution in [0.3, 0.4) is 0 Å². The molecule has 1 aliphatic rings. The lowest BCUT2D eigenvalue weighted by molar-refractivity contribution is -0.121. The van der Waals surface area contributed by atoms with Gasteiger partial charge < -0.3 is 0 Å². The Morgan fingerprint density at radius 3 is 2.19 bits per heavy atom. The lowest BCUT2D eigenvalue weighted by atomic mass is 10.2. The lowest BCUT2D eigenvalue weighted by Gasteiger charge is -2.20. The van der Waals surface area contributed by atoms with Gasteiger partial charge in [0.05, 0.1) is 5.69 Å². The maximum Gasteiger partial charge on any atom is 0.297 e. The zero-order chi connectivity index (χ0) is 18.6. The van der Waals surface area contributed by atoms with Gasteiger partial charge in [-0.3, -0.25) is 10.2 Å². The summed E-state index contributed by atoms with van der Waals surface area (Å²) in [5.74, 6) is 0.306. The topological polar surface area (TPSA) is 44.7 Å². The number of hydrogen-bond acceptors (Lipinski definition) is 3. The third-order valence-electron chi connectivity index (χ3n) is 4.10. The highest BCUT2D eigenvalue weighted by Gasteiger charge is 2.31. The van der Waals surface area contributed by atoms with Crippen molar-refractivity contribution in [1.29, 1.82) is 0 Å². The number of aliphatic imine (C=N–C) groups is 1. The number of carbonyl (C=O) groups is 1. The van der Waals surface area contributed by atoms with Gasteiger partial charge in [0.15, 0.2) is 5.84 Å². The summed E-state index contributed by atoms with van der Waals surface area (Å²) in [5.41, 5.74) is 5.87. The van der Waals surface area contributed by atoms with E-state index in [2.05, 4.69) is 10.4 Å². The molecule has 0 unspecified atom stereocenters. The number of nitrogens with zero attached hydrogens (tertiary/aromatic N) is 2. The van der Waals surface area contributed by atoms with Crippen LogP contribution in [0.25, 0.3) is 6.08 Å². The third kappa shape index (κ3) is 3.61. The van der Waals surface area contributed by atoms with E-state index >= 15 is 0 Å². The zero-order valence-corrected chi connectivity index (χ0v) is 15.1. The summed E-state index contributed by atoms with van der Waals surface area (Å²) in [6, 6.07) is 26.5. The number of para-hydroxylation sites is 1. The molecule has 3 aromatic carbocycles. The maximum atomic E-state index is 13.0. The third-order valence-corrected chi connectivity index (χ3v) is 4.45. The van der Waals surface area contributed by atoms with Gasteiger partial charge in [-0.25, -0.2) is 4.99 Å². The summed E-state index contributed by atoms with van der Waals surface area (Å²) < 4.78 is 0. The van der Waals surface area contributed by atoms with E-state index in [1.807, 2.05) is 78.9 Å². The molecule has 0 radical (unpaired) electrons. The molecule has 0 atom stereocenters. The molecular formula is C22H16ClN3O. The maximum absolute atomic E-state index is 13.0. The second kappa shape index (κ2) is 7.48. The number of nitrogens with one attached hydrogen (secondary N) is 1. The van der Waals surface area contributed by atoms with Gasteiger partial charge in [-0.2, -0.15) is 5.01 Å². The number of amidine groups is 1. The molecule has 0 aliphatic carbocycles. The van der Waals surface area contributed by atoms with Crippen LogP contribution in [0.1, 0.15) is 11.1 Å². The van der Waals surface area contributed by atoms with Gasteiger partial charge >= 0.3 is 0 Å². The molecule has 0 saturated heterocycles. The summed E-state index contributed by atoms with van der Waals surface area (Å²) in [7, 11) is 0. The Hall–Kier alpha value is -3.37. The van der Waals surface area contributed by atoms with Crippen molar-refractivity contribution in [3.63, 3.8) is 0 Å². The molecule has 1 aliphatic heterocycles. The van der Waals surface area contributed by atoms with Crippen LogP contribution in [0.4, 0.5) is 5.69 Å². The van der Waals surface area contributed by atoms with Gasteiger partial charge in [-0.05, 0) is 29.8 Å². The number of anilines is 1. The first-order valence-electron chi connectivity index (χ1n) is 8.49. The second-order valence-electron chi connectivity index (χ2n) is 5.97. The Kier molecular flexibility index (Phi) is 4.73. The summed E-state index contributed by atoms with van der Waals surface area (Å²) in [6.07, 6.45) is 1.71. The summed E-state index contributed by atoms with van der Waals surface area (Å²) in [5, 5.41) is 2.04. The molecule has 0 aromatic heterocycles. The monoisotopic (exact) mass is 373 g/mol. The predicted octanol–water partition coefficient (Wildman–Crippen LogP) is 5.00. The van der Waals surface area contributed by atoms with Crippen molar-refractivity contribution < 1.29 is 4.79 Å². The smallest absolute Gasteiger partial charge is 0.290 e. The first-order valence-corrected chi connectivity index (χ1v) is 8.87. The Balaban J connectivity index is 1.75. The molecule has 1 N–H and O–H groups in total. The number of hydrazine groups is 1. The molecule has 0 saturated carbocycles. The number of rotatable bonds is 4. The second-order valence-corrected chi connectivity index (χ2v) is 6.38. The van der Waals surface area contributed by atoms with Crippen molar-refractivity contribution in [2.45, 2.75) is 0 Å². The molecular weight excluding hydrogens is 358 g/mol. The van der Waals surface area contributed by atoms with Gasteiger partial charge in [0.25, 0.3) is 5.91 Å². The Morgan fingerprint density at radius 2 is 1.48 bits per heavy atom. The highest BCUT2D eigenvalue weighted by Crippen LogP contribution is 2.25. The molecule has 0 spiro atoms. The minimum Gasteiger partial charge on any atom is -0.290 e. The molecule has 3 aromatic rings. The molecule has 4 rings (SSSR count). The minimum absolute atomic E-state index is 0.238. The molecule has 0 bridgehead atoms. The van der Waals surface area contributed by atoms with E-state index in [-0.39, 0.29) is 5.91 Å². The number of amides is 1. The highest BCUT2D eigenvalue weighted by atomic mass is 35.5. The number of halogens is 1. The first-order chi connectivity index (χ1) is 13.2. The fraction of sp³-hybridized carbons (Fsp3) is 0. The van der Waals surface area contributed by atoms with E-state index < -0.39 is 0 Å². The fourth-order valence-electron chi connectivity index (χ4n) is 2.78. The van der Waals surface area contributed by atoms with Crippen LogP contribution in [0.15, 0.2) is 95.6 Å². The van der Waals surface area contributed by atoms with Crippen molar-refractivity contribution in [3.05, 3.63) is 107 Å². The number of hydrogen-bond donors (Lipinski definition) is 1. The largest absolute Gasteiger partial charge is 0.297 e. The van der Waals surface area contributed by atoms with Crippen LogP contribution < -0.4 is 5.43 Å². The van der Waals surface area contributed by atoms with Crippen LogP contribution in [0, 0.1) is 0 Å². The van der Waals surface area contributed by atoms with Crippen molar-refractivity contribution >= 4 is 35.1 Å². The van der Waals surface area contributed by atoms with Crippen molar-refractivity contribution in [2.24, 2.45) is 4.99 Å². The standard InChI is InChI=1S/C22H16ClN3O/c23-19-14-8-7-11-17(19)15-20-22(27)26(25-18-12-5-2-6-13-18)21(24-20)16-9-3-1-4-10-16/h1-15,25H/b20-15+. The average molecular weight is 374 g/mol. The SMILES string of the molecule is O=C1/C(=C\c2ccccc2Cl)N=C(c2ccccc2)N1Nc1ccccc1. The van der Waals surface area contributed by atoms with E-state index in [9.17, 15) is 4.79 Å². The van der Waals surface area contributed by atoms with E-state index in [1.165, 1.54) is 5.01 Å². The van der Waals surface area contributed by atoms with E-state index in [0.717, 1.165) is 16.8 Å². The van der Waals surface area contributed by atoms with E-state index in [0.29, 0.717) is 16.6 Å². The van der Waals surface area contributed by atoms with Gasteiger partial charge in [-0.15, -0.1) is 0 Å². The molecule has 1 amide bonds. The summed E-state index contributed by atoms with van der Waals surface area (Å²) in [4.78, 5) is 17.6. The van der Waals surface area contributed by atoms with Gasteiger partial charge in [0.1, 0.15) is 5.70 Å². The van der Waals surface area contributed by atoms with Crippen LogP contribution in [0.2, 0.25) is 5.02 Å². The van der Waals surface area contributed by atoms with Crippen molar-refractivity contribution in [1.82, 2.24) is 5.01 Å². The van der Waals surface area contributed by atoms with Crippen LogP contribution in [-0.2, 0) is 4.79 Å². The average Bonchev–Trinajstić information content (AvgIpc) is 3.01. The summed E-state index contributed by atoms with van der Waals surface area (Å²) in [6.45, 7) is 0. The zero-order valence-electron chi connectivity index (χ0n) is 14.3. The quantitative estimate of drug-likeness (QED) is 0.654. The fourth-order valence-corrected chi connectivity index (χ4v) is 2.97. The molecule has 0 fully saturated rings. The molecule has 5 heteroatoms. The normalized spacial score (nSPS) is 15.1. The molecule has 132 valence electrons. The Bertz CT molecular complexity index is 1030. The van der Waals surface area contributed by atoms with Crippen LogP contribution in [-0.4, -0.2) is 16.8 Å². The predicted molar refractivity (Wildman–Crippen MR) is 109 cm³/mol. The molecule has 27 heavy (non-hydrogen) atoms. The molecule has 4 nitrogen and oxygen atoms in total. The lowest BCUT2D eigenvalue weighted by Crippen LogP contribution is -2.37. The highest BCUT2D eigenvalue weighted by molar-refractivity contribution is 6.32. The number of carbonyl (C=O) groups excluding carboxylic acids is 1. The van der Waals surface area contributed by atoms with Gasteiger partial charge in [0, 0.05) is 10.6 Å². The van der Waals surface area contributed by atoms with Crippen LogP contribution in [0.5, 0.6) is 0 Å². The van der Waals surface area contributed by atoms with E-state index in [1.54, 1.807) is 12.1 Å². The van der Waals surface area contributed by atoms with Gasteiger partial charge in [0.2, 0.25) is 0 Å².